The summed E-state index contributed by atoms with van der Waals surface area (Å²) in [4.78, 5) is 0. The maximum absolute atomic E-state index is 10.6. The van der Waals surface area contributed by atoms with E-state index in [1.807, 2.05) is 54.6 Å². The van der Waals surface area contributed by atoms with Crippen molar-refractivity contribution >= 4 is 26.7 Å². The number of ether oxygens (including phenoxy) is 1. The van der Waals surface area contributed by atoms with Crippen molar-refractivity contribution in [2.45, 2.75) is 6.10 Å². The van der Waals surface area contributed by atoms with Crippen LogP contribution >= 0.6 is 15.9 Å². The molecule has 0 spiro atoms. The van der Waals surface area contributed by atoms with E-state index in [2.05, 4.69) is 22.0 Å². The summed E-state index contributed by atoms with van der Waals surface area (Å²) in [6.07, 6.45) is -0.700. The van der Waals surface area contributed by atoms with Gasteiger partial charge in [-0.3, -0.25) is 0 Å². The van der Waals surface area contributed by atoms with Crippen LogP contribution in [0.15, 0.2) is 65.1 Å². The second-order valence-electron chi connectivity index (χ2n) is 4.90. The highest BCUT2D eigenvalue weighted by Gasteiger charge is 2.15. The van der Waals surface area contributed by atoms with Crippen LogP contribution in [0.4, 0.5) is 0 Å². The second-order valence-corrected chi connectivity index (χ2v) is 5.81. The van der Waals surface area contributed by atoms with Crippen LogP contribution in [0, 0.1) is 0 Å². The minimum atomic E-state index is -0.700. The van der Waals surface area contributed by atoms with Crippen LogP contribution in [0.5, 0.6) is 5.75 Å². The van der Waals surface area contributed by atoms with E-state index in [0.29, 0.717) is 5.75 Å². The van der Waals surface area contributed by atoms with Gasteiger partial charge in [-0.2, -0.15) is 0 Å². The van der Waals surface area contributed by atoms with Crippen LogP contribution in [0.25, 0.3) is 10.8 Å². The Bertz CT molecular complexity index is 783. The molecule has 0 saturated carbocycles. The van der Waals surface area contributed by atoms with Crippen molar-refractivity contribution in [1.29, 1.82) is 0 Å². The molecule has 0 amide bonds. The third-order valence-electron chi connectivity index (χ3n) is 3.58. The number of fused-ring (bicyclic) bond motifs is 1. The lowest BCUT2D eigenvalue weighted by Crippen LogP contribution is -2.02. The minimum Gasteiger partial charge on any atom is -0.496 e. The number of benzene rings is 3. The van der Waals surface area contributed by atoms with Gasteiger partial charge >= 0.3 is 0 Å². The Labute approximate surface area is 132 Å². The first-order chi connectivity index (χ1) is 10.2. The Morgan fingerprint density at radius 3 is 2.48 bits per heavy atom. The predicted octanol–water partition coefficient (Wildman–Crippen LogP) is 4.69. The number of aliphatic hydroxyl groups excluding tert-OH is 1. The van der Waals surface area contributed by atoms with Gasteiger partial charge in [0.25, 0.3) is 0 Å². The molecular formula is C18H15BrO2. The van der Waals surface area contributed by atoms with Crippen LogP contribution < -0.4 is 4.74 Å². The first-order valence-electron chi connectivity index (χ1n) is 6.69. The first kappa shape index (κ1) is 14.1. The number of para-hydroxylation sites is 1. The molecule has 0 radical (unpaired) electrons. The number of hydrogen-bond donors (Lipinski definition) is 1. The summed E-state index contributed by atoms with van der Waals surface area (Å²) in [5.74, 6) is 0.695. The van der Waals surface area contributed by atoms with Crippen molar-refractivity contribution in [3.05, 3.63) is 76.3 Å². The molecule has 0 bridgehead atoms. The Balaban J connectivity index is 2.05. The van der Waals surface area contributed by atoms with E-state index >= 15 is 0 Å². The molecule has 0 aliphatic heterocycles. The molecule has 0 aliphatic rings. The third-order valence-corrected chi connectivity index (χ3v) is 4.07. The molecule has 3 aromatic rings. The molecule has 0 fully saturated rings. The van der Waals surface area contributed by atoms with Gasteiger partial charge in [0.15, 0.2) is 0 Å². The van der Waals surface area contributed by atoms with E-state index in [-0.39, 0.29) is 0 Å². The van der Waals surface area contributed by atoms with Gasteiger partial charge in [0.2, 0.25) is 0 Å². The average molecular weight is 343 g/mol. The summed E-state index contributed by atoms with van der Waals surface area (Å²) in [5.41, 5.74) is 1.63. The summed E-state index contributed by atoms with van der Waals surface area (Å²) in [6, 6.07) is 19.6. The molecule has 2 nitrogen and oxygen atoms in total. The van der Waals surface area contributed by atoms with Crippen molar-refractivity contribution in [2.24, 2.45) is 0 Å². The zero-order valence-electron chi connectivity index (χ0n) is 11.6. The fourth-order valence-corrected chi connectivity index (χ4v) is 2.86. The molecule has 3 rings (SSSR count). The molecule has 0 aromatic heterocycles. The van der Waals surface area contributed by atoms with Gasteiger partial charge in [0, 0.05) is 10.0 Å². The maximum Gasteiger partial charge on any atom is 0.125 e. The molecule has 0 saturated heterocycles. The third kappa shape index (κ3) is 2.80. The van der Waals surface area contributed by atoms with Crippen LogP contribution in [0.1, 0.15) is 17.2 Å². The molecule has 3 heteroatoms. The average Bonchev–Trinajstić information content (AvgIpc) is 2.53. The predicted molar refractivity (Wildman–Crippen MR) is 88.7 cm³/mol. The number of aliphatic hydroxyl groups is 1. The molecule has 3 aromatic carbocycles. The van der Waals surface area contributed by atoms with Crippen LogP contribution in [0.3, 0.4) is 0 Å². The van der Waals surface area contributed by atoms with Gasteiger partial charge in [-0.1, -0.05) is 52.3 Å². The summed E-state index contributed by atoms with van der Waals surface area (Å²) < 4.78 is 6.37. The molecule has 21 heavy (non-hydrogen) atoms. The molecular weight excluding hydrogens is 328 g/mol. The zero-order chi connectivity index (χ0) is 14.8. The monoisotopic (exact) mass is 342 g/mol. The van der Waals surface area contributed by atoms with Gasteiger partial charge < -0.3 is 9.84 Å². The highest BCUT2D eigenvalue weighted by atomic mass is 79.9. The molecule has 1 N–H and O–H groups in total. The van der Waals surface area contributed by atoms with Gasteiger partial charge in [0.1, 0.15) is 11.9 Å². The Kier molecular flexibility index (Phi) is 3.95. The molecule has 1 unspecified atom stereocenters. The number of hydrogen-bond acceptors (Lipinski definition) is 2. The van der Waals surface area contributed by atoms with Crippen molar-refractivity contribution in [2.75, 3.05) is 7.11 Å². The quantitative estimate of drug-likeness (QED) is 0.747. The van der Waals surface area contributed by atoms with Crippen LogP contribution in [-0.2, 0) is 0 Å². The van der Waals surface area contributed by atoms with Crippen molar-refractivity contribution < 1.29 is 9.84 Å². The number of halogens is 1. The minimum absolute atomic E-state index is 0.695. The van der Waals surface area contributed by atoms with Crippen LogP contribution in [-0.4, -0.2) is 12.2 Å². The lowest BCUT2D eigenvalue weighted by molar-refractivity contribution is 0.215. The summed E-state index contributed by atoms with van der Waals surface area (Å²) in [6.45, 7) is 0. The summed E-state index contributed by atoms with van der Waals surface area (Å²) >= 11 is 3.47. The Hall–Kier alpha value is -1.84. The van der Waals surface area contributed by atoms with Crippen molar-refractivity contribution in [3.63, 3.8) is 0 Å². The highest BCUT2D eigenvalue weighted by molar-refractivity contribution is 9.10. The standard InChI is InChI=1S/C18H15BrO2/c1-21-17-5-3-2-4-16(17)18(20)14-7-6-13-11-15(19)9-8-12(13)10-14/h2-11,18,20H,1H3. The number of rotatable bonds is 3. The van der Waals surface area contributed by atoms with Crippen LogP contribution in [0.2, 0.25) is 0 Å². The van der Waals surface area contributed by atoms with Gasteiger partial charge in [-0.05, 0) is 40.6 Å². The lowest BCUT2D eigenvalue weighted by atomic mass is 9.98. The van der Waals surface area contributed by atoms with E-state index in [0.717, 1.165) is 26.4 Å². The fourth-order valence-electron chi connectivity index (χ4n) is 2.48. The Morgan fingerprint density at radius 2 is 1.67 bits per heavy atom. The molecule has 1 atom stereocenters. The van der Waals surface area contributed by atoms with E-state index in [1.54, 1.807) is 7.11 Å². The zero-order valence-corrected chi connectivity index (χ0v) is 13.2. The highest BCUT2D eigenvalue weighted by Crippen LogP contribution is 2.31. The van der Waals surface area contributed by atoms with Gasteiger partial charge in [-0.25, -0.2) is 0 Å². The topological polar surface area (TPSA) is 29.5 Å². The maximum atomic E-state index is 10.6. The first-order valence-corrected chi connectivity index (χ1v) is 7.48. The summed E-state index contributed by atoms with van der Waals surface area (Å²) in [7, 11) is 1.61. The smallest absolute Gasteiger partial charge is 0.125 e. The van der Waals surface area contributed by atoms with Gasteiger partial charge in [0.05, 0.1) is 7.11 Å². The Morgan fingerprint density at radius 1 is 0.952 bits per heavy atom. The molecule has 0 aliphatic carbocycles. The van der Waals surface area contributed by atoms with Crippen molar-refractivity contribution in [3.8, 4) is 5.75 Å². The largest absolute Gasteiger partial charge is 0.496 e. The van der Waals surface area contributed by atoms with E-state index in [4.69, 9.17) is 4.74 Å². The number of methoxy groups -OCH3 is 1. The van der Waals surface area contributed by atoms with E-state index in [9.17, 15) is 5.11 Å². The normalized spacial score (nSPS) is 12.3. The lowest BCUT2D eigenvalue weighted by Gasteiger charge is -2.15. The molecule has 0 heterocycles. The van der Waals surface area contributed by atoms with Gasteiger partial charge in [-0.15, -0.1) is 0 Å². The van der Waals surface area contributed by atoms with E-state index < -0.39 is 6.10 Å². The second kappa shape index (κ2) is 5.88. The summed E-state index contributed by atoms with van der Waals surface area (Å²) in [5, 5.41) is 12.9. The van der Waals surface area contributed by atoms with E-state index in [1.165, 1.54) is 0 Å². The fraction of sp³-hybridized carbons (Fsp3) is 0.111. The molecule has 106 valence electrons. The SMILES string of the molecule is COc1ccccc1C(O)c1ccc2cc(Br)ccc2c1. The van der Waals surface area contributed by atoms with Crippen molar-refractivity contribution in [1.82, 2.24) is 0 Å².